The van der Waals surface area contributed by atoms with Gasteiger partial charge in [0.2, 0.25) is 0 Å². The van der Waals surface area contributed by atoms with Gasteiger partial charge in [-0.1, -0.05) is 5.92 Å². The SMILES string of the molecule is CC#CCNCCCCOC(C)C. The average Bonchev–Trinajstić information content (AvgIpc) is 2.09. The van der Waals surface area contributed by atoms with Crippen molar-refractivity contribution in [3.63, 3.8) is 0 Å². The van der Waals surface area contributed by atoms with Gasteiger partial charge in [-0.05, 0) is 40.2 Å². The molecule has 0 rings (SSSR count). The van der Waals surface area contributed by atoms with Gasteiger partial charge in [-0.2, -0.15) is 0 Å². The Morgan fingerprint density at radius 1 is 1.31 bits per heavy atom. The van der Waals surface area contributed by atoms with Gasteiger partial charge in [-0.3, -0.25) is 0 Å². The van der Waals surface area contributed by atoms with Crippen LogP contribution >= 0.6 is 0 Å². The number of hydrogen-bond donors (Lipinski definition) is 1. The second-order valence-corrected chi connectivity index (χ2v) is 3.23. The van der Waals surface area contributed by atoms with Crippen molar-refractivity contribution in [1.29, 1.82) is 0 Å². The molecule has 0 amide bonds. The lowest BCUT2D eigenvalue weighted by Gasteiger charge is -2.06. The molecule has 2 nitrogen and oxygen atoms in total. The van der Waals surface area contributed by atoms with Crippen molar-refractivity contribution in [3.8, 4) is 11.8 Å². The quantitative estimate of drug-likeness (QED) is 0.480. The third-order valence-electron chi connectivity index (χ3n) is 1.59. The second kappa shape index (κ2) is 9.57. The van der Waals surface area contributed by atoms with E-state index < -0.39 is 0 Å². The van der Waals surface area contributed by atoms with Crippen LogP contribution in [0.1, 0.15) is 33.6 Å². The molecule has 76 valence electrons. The Labute approximate surface area is 82.1 Å². The lowest BCUT2D eigenvalue weighted by atomic mass is 10.3. The highest BCUT2D eigenvalue weighted by Crippen LogP contribution is 1.92. The van der Waals surface area contributed by atoms with E-state index in [-0.39, 0.29) is 0 Å². The van der Waals surface area contributed by atoms with Crippen LogP contribution in [0.5, 0.6) is 0 Å². The Morgan fingerprint density at radius 3 is 2.69 bits per heavy atom. The molecule has 0 aromatic rings. The zero-order chi connectivity index (χ0) is 9.94. The number of rotatable bonds is 7. The third kappa shape index (κ3) is 11.5. The first-order valence-corrected chi connectivity index (χ1v) is 4.99. The summed E-state index contributed by atoms with van der Waals surface area (Å²) >= 11 is 0. The van der Waals surface area contributed by atoms with Crippen LogP contribution in [0.2, 0.25) is 0 Å². The highest BCUT2D eigenvalue weighted by atomic mass is 16.5. The Hall–Kier alpha value is -0.520. The molecule has 2 heteroatoms. The smallest absolute Gasteiger partial charge is 0.0576 e. The van der Waals surface area contributed by atoms with Crippen molar-refractivity contribution < 1.29 is 4.74 Å². The van der Waals surface area contributed by atoms with Crippen LogP contribution in [0.25, 0.3) is 0 Å². The summed E-state index contributed by atoms with van der Waals surface area (Å²) in [6.45, 7) is 8.71. The number of unbranched alkanes of at least 4 members (excludes halogenated alkanes) is 1. The third-order valence-corrected chi connectivity index (χ3v) is 1.59. The molecule has 0 bridgehead atoms. The minimum atomic E-state index is 0.360. The Bertz CT molecular complexity index is 155. The average molecular weight is 183 g/mol. The van der Waals surface area contributed by atoms with E-state index in [4.69, 9.17) is 4.74 Å². The summed E-state index contributed by atoms with van der Waals surface area (Å²) in [7, 11) is 0. The fourth-order valence-electron chi connectivity index (χ4n) is 0.910. The van der Waals surface area contributed by atoms with E-state index in [1.54, 1.807) is 0 Å². The fraction of sp³-hybridized carbons (Fsp3) is 0.818. The summed E-state index contributed by atoms with van der Waals surface area (Å²) in [5, 5.41) is 3.25. The predicted molar refractivity (Wildman–Crippen MR) is 56.6 cm³/mol. The molecule has 0 saturated carbocycles. The molecule has 0 aliphatic heterocycles. The standard InChI is InChI=1S/C11H21NO/c1-4-5-8-12-9-6-7-10-13-11(2)3/h11-12H,6-10H2,1-3H3. The van der Waals surface area contributed by atoms with Gasteiger partial charge in [-0.25, -0.2) is 0 Å². The summed E-state index contributed by atoms with van der Waals surface area (Å²) in [6, 6.07) is 0. The van der Waals surface area contributed by atoms with Crippen LogP contribution in [0.3, 0.4) is 0 Å². The highest BCUT2D eigenvalue weighted by molar-refractivity contribution is 4.96. The van der Waals surface area contributed by atoms with Crippen LogP contribution in [-0.2, 0) is 4.74 Å². The van der Waals surface area contributed by atoms with Crippen LogP contribution in [0, 0.1) is 11.8 Å². The van der Waals surface area contributed by atoms with E-state index in [9.17, 15) is 0 Å². The first-order valence-electron chi connectivity index (χ1n) is 4.99. The molecule has 0 aromatic carbocycles. The predicted octanol–water partition coefficient (Wildman–Crippen LogP) is 1.80. The van der Waals surface area contributed by atoms with Gasteiger partial charge < -0.3 is 10.1 Å². The maximum atomic E-state index is 5.41. The first-order chi connectivity index (χ1) is 6.27. The number of hydrogen-bond acceptors (Lipinski definition) is 2. The molecule has 0 atom stereocenters. The Balaban J connectivity index is 2.94. The van der Waals surface area contributed by atoms with E-state index >= 15 is 0 Å². The molecule has 0 aliphatic rings. The maximum Gasteiger partial charge on any atom is 0.0576 e. The zero-order valence-corrected chi connectivity index (χ0v) is 9.02. The van der Waals surface area contributed by atoms with Crippen LogP contribution in [-0.4, -0.2) is 25.8 Å². The van der Waals surface area contributed by atoms with Gasteiger partial charge in [0.15, 0.2) is 0 Å². The Morgan fingerprint density at radius 2 is 2.08 bits per heavy atom. The number of nitrogens with one attached hydrogen (secondary N) is 1. The largest absolute Gasteiger partial charge is 0.379 e. The topological polar surface area (TPSA) is 21.3 Å². The zero-order valence-electron chi connectivity index (χ0n) is 9.02. The minimum absolute atomic E-state index is 0.360. The van der Waals surface area contributed by atoms with E-state index in [0.29, 0.717) is 6.10 Å². The van der Waals surface area contributed by atoms with Gasteiger partial charge in [0.05, 0.1) is 12.6 Å². The van der Waals surface area contributed by atoms with Crippen molar-refractivity contribution >= 4 is 0 Å². The molecule has 0 unspecified atom stereocenters. The van der Waals surface area contributed by atoms with Gasteiger partial charge in [0.25, 0.3) is 0 Å². The summed E-state index contributed by atoms with van der Waals surface area (Å²) in [4.78, 5) is 0. The van der Waals surface area contributed by atoms with Gasteiger partial charge in [-0.15, -0.1) is 5.92 Å². The molecule has 0 heterocycles. The van der Waals surface area contributed by atoms with Crippen LogP contribution in [0.15, 0.2) is 0 Å². The summed E-state index contributed by atoms with van der Waals surface area (Å²) in [6.07, 6.45) is 2.65. The lowest BCUT2D eigenvalue weighted by molar-refractivity contribution is 0.0761. The lowest BCUT2D eigenvalue weighted by Crippen LogP contribution is -2.16. The molecule has 0 aliphatic carbocycles. The molecule has 1 N–H and O–H groups in total. The van der Waals surface area contributed by atoms with Crippen LogP contribution in [0.4, 0.5) is 0 Å². The van der Waals surface area contributed by atoms with Crippen LogP contribution < -0.4 is 5.32 Å². The molecule has 0 aromatic heterocycles. The first kappa shape index (κ1) is 12.5. The molecule has 0 fully saturated rings. The maximum absolute atomic E-state index is 5.41. The van der Waals surface area contributed by atoms with Gasteiger partial charge >= 0.3 is 0 Å². The number of ether oxygens (including phenoxy) is 1. The molecular formula is C11H21NO. The highest BCUT2D eigenvalue weighted by Gasteiger charge is 1.92. The fourth-order valence-corrected chi connectivity index (χ4v) is 0.910. The molecular weight excluding hydrogens is 162 g/mol. The van der Waals surface area contributed by atoms with Crippen molar-refractivity contribution in [1.82, 2.24) is 5.32 Å². The summed E-state index contributed by atoms with van der Waals surface area (Å²) < 4.78 is 5.41. The molecule has 0 saturated heterocycles. The minimum Gasteiger partial charge on any atom is -0.379 e. The van der Waals surface area contributed by atoms with Crippen molar-refractivity contribution in [2.75, 3.05) is 19.7 Å². The van der Waals surface area contributed by atoms with E-state index in [1.807, 2.05) is 6.92 Å². The van der Waals surface area contributed by atoms with E-state index in [1.165, 1.54) is 0 Å². The van der Waals surface area contributed by atoms with Crippen molar-refractivity contribution in [2.45, 2.75) is 39.7 Å². The summed E-state index contributed by atoms with van der Waals surface area (Å²) in [5.74, 6) is 5.81. The van der Waals surface area contributed by atoms with Gasteiger partial charge in [0, 0.05) is 6.61 Å². The monoisotopic (exact) mass is 183 g/mol. The normalized spacial score (nSPS) is 9.85. The van der Waals surface area contributed by atoms with Gasteiger partial charge in [0.1, 0.15) is 0 Å². The molecule has 13 heavy (non-hydrogen) atoms. The van der Waals surface area contributed by atoms with E-state index in [0.717, 1.165) is 32.5 Å². The second-order valence-electron chi connectivity index (χ2n) is 3.23. The van der Waals surface area contributed by atoms with Crippen molar-refractivity contribution in [3.05, 3.63) is 0 Å². The van der Waals surface area contributed by atoms with Crippen molar-refractivity contribution in [2.24, 2.45) is 0 Å². The summed E-state index contributed by atoms with van der Waals surface area (Å²) in [5.41, 5.74) is 0. The molecule has 0 spiro atoms. The van der Waals surface area contributed by atoms with E-state index in [2.05, 4.69) is 31.0 Å². The Kier molecular flexibility index (Phi) is 9.18. The molecule has 0 radical (unpaired) electrons.